The first-order valence-electron chi connectivity index (χ1n) is 5.53. The van der Waals surface area contributed by atoms with Crippen LogP contribution < -0.4 is 5.32 Å². The Labute approximate surface area is 114 Å². The van der Waals surface area contributed by atoms with E-state index in [-0.39, 0.29) is 10.6 Å². The fourth-order valence-electron chi connectivity index (χ4n) is 1.67. The fraction of sp³-hybridized carbons (Fsp3) is 0.0714. The molecule has 0 aliphatic carbocycles. The van der Waals surface area contributed by atoms with Crippen molar-refractivity contribution in [1.29, 1.82) is 0 Å². The summed E-state index contributed by atoms with van der Waals surface area (Å²) in [6.45, 7) is 1.78. The lowest BCUT2D eigenvalue weighted by molar-refractivity contribution is 0.0697. The Morgan fingerprint density at radius 3 is 2.47 bits per heavy atom. The molecule has 19 heavy (non-hydrogen) atoms. The van der Waals surface area contributed by atoms with Gasteiger partial charge in [0.15, 0.2) is 0 Å². The highest BCUT2D eigenvalue weighted by Crippen LogP contribution is 2.28. The standard InChI is InChI=1S/C14H11ClFNO2/c1-8-6-9(14(18)19)2-4-12(8)17-13-5-3-10(16)7-11(13)15/h2-7,17H,1H3,(H,18,19). The quantitative estimate of drug-likeness (QED) is 0.884. The zero-order chi connectivity index (χ0) is 14.0. The SMILES string of the molecule is Cc1cc(C(=O)O)ccc1Nc1ccc(F)cc1Cl. The Balaban J connectivity index is 2.31. The Kier molecular flexibility index (Phi) is 3.71. The topological polar surface area (TPSA) is 49.3 Å². The first kappa shape index (κ1) is 13.4. The average molecular weight is 280 g/mol. The van der Waals surface area contributed by atoms with Gasteiger partial charge in [0.05, 0.1) is 16.3 Å². The van der Waals surface area contributed by atoms with Crippen molar-refractivity contribution < 1.29 is 14.3 Å². The maximum atomic E-state index is 12.9. The minimum atomic E-state index is -0.977. The van der Waals surface area contributed by atoms with Crippen LogP contribution in [0.25, 0.3) is 0 Å². The molecule has 0 radical (unpaired) electrons. The summed E-state index contributed by atoms with van der Waals surface area (Å²) in [5.41, 5.74) is 2.27. The van der Waals surface area contributed by atoms with Gasteiger partial charge in [-0.1, -0.05) is 11.6 Å². The zero-order valence-electron chi connectivity index (χ0n) is 10.1. The first-order chi connectivity index (χ1) is 8.97. The minimum absolute atomic E-state index is 0.216. The third-order valence-electron chi connectivity index (χ3n) is 2.67. The molecule has 0 atom stereocenters. The van der Waals surface area contributed by atoms with Gasteiger partial charge in [0, 0.05) is 5.69 Å². The van der Waals surface area contributed by atoms with Crippen LogP contribution in [0.15, 0.2) is 36.4 Å². The molecule has 0 aliphatic rings. The second-order valence-electron chi connectivity index (χ2n) is 4.08. The normalized spacial score (nSPS) is 10.3. The molecular weight excluding hydrogens is 269 g/mol. The van der Waals surface area contributed by atoms with Gasteiger partial charge in [-0.15, -0.1) is 0 Å². The predicted molar refractivity (Wildman–Crippen MR) is 72.8 cm³/mol. The summed E-state index contributed by atoms with van der Waals surface area (Å²) in [6, 6.07) is 8.75. The molecule has 2 aromatic carbocycles. The van der Waals surface area contributed by atoms with Crippen LogP contribution in [-0.4, -0.2) is 11.1 Å². The highest BCUT2D eigenvalue weighted by atomic mass is 35.5. The van der Waals surface area contributed by atoms with Gasteiger partial charge in [0.1, 0.15) is 5.82 Å². The maximum absolute atomic E-state index is 12.9. The van der Waals surface area contributed by atoms with E-state index in [0.29, 0.717) is 5.69 Å². The van der Waals surface area contributed by atoms with Crippen LogP contribution in [0.3, 0.4) is 0 Å². The summed E-state index contributed by atoms with van der Waals surface area (Å²) in [5.74, 6) is -1.39. The maximum Gasteiger partial charge on any atom is 0.335 e. The van der Waals surface area contributed by atoms with Gasteiger partial charge >= 0.3 is 5.97 Å². The van der Waals surface area contributed by atoms with Crippen molar-refractivity contribution in [2.75, 3.05) is 5.32 Å². The molecule has 98 valence electrons. The van der Waals surface area contributed by atoms with Crippen molar-refractivity contribution in [2.24, 2.45) is 0 Å². The summed E-state index contributed by atoms with van der Waals surface area (Å²) in [7, 11) is 0. The Morgan fingerprint density at radius 2 is 1.89 bits per heavy atom. The van der Waals surface area contributed by atoms with Gasteiger partial charge in [0.25, 0.3) is 0 Å². The molecule has 2 N–H and O–H groups in total. The lowest BCUT2D eigenvalue weighted by Crippen LogP contribution is -1.99. The van der Waals surface area contributed by atoms with Gasteiger partial charge < -0.3 is 10.4 Å². The molecular formula is C14H11ClFNO2. The molecule has 0 aromatic heterocycles. The fourth-order valence-corrected chi connectivity index (χ4v) is 1.89. The van der Waals surface area contributed by atoms with Gasteiger partial charge in [-0.3, -0.25) is 0 Å². The van der Waals surface area contributed by atoms with Crippen LogP contribution in [0.4, 0.5) is 15.8 Å². The Bertz CT molecular complexity index is 643. The molecule has 0 heterocycles. The molecule has 0 saturated carbocycles. The predicted octanol–water partition coefficient (Wildman–Crippen LogP) is 4.23. The average Bonchev–Trinajstić information content (AvgIpc) is 2.34. The summed E-state index contributed by atoms with van der Waals surface area (Å²) < 4.78 is 12.9. The number of halogens is 2. The van der Waals surface area contributed by atoms with Crippen LogP contribution in [0, 0.1) is 12.7 Å². The highest BCUT2D eigenvalue weighted by molar-refractivity contribution is 6.33. The molecule has 3 nitrogen and oxygen atoms in total. The number of carboxylic acid groups (broad SMARTS) is 1. The highest BCUT2D eigenvalue weighted by Gasteiger charge is 2.07. The number of carboxylic acids is 1. The van der Waals surface area contributed by atoms with Crippen molar-refractivity contribution in [3.05, 3.63) is 58.4 Å². The van der Waals surface area contributed by atoms with Crippen LogP contribution >= 0.6 is 11.6 Å². The van der Waals surface area contributed by atoms with E-state index in [1.54, 1.807) is 19.1 Å². The van der Waals surface area contributed by atoms with E-state index < -0.39 is 11.8 Å². The molecule has 2 rings (SSSR count). The lowest BCUT2D eigenvalue weighted by Gasteiger charge is -2.11. The molecule has 0 fully saturated rings. The van der Waals surface area contributed by atoms with Crippen molar-refractivity contribution in [3.63, 3.8) is 0 Å². The lowest BCUT2D eigenvalue weighted by atomic mass is 10.1. The van der Waals surface area contributed by atoms with Crippen molar-refractivity contribution in [2.45, 2.75) is 6.92 Å². The number of nitrogens with one attached hydrogen (secondary N) is 1. The van der Waals surface area contributed by atoms with Gasteiger partial charge in [-0.25, -0.2) is 9.18 Å². The zero-order valence-corrected chi connectivity index (χ0v) is 10.8. The van der Waals surface area contributed by atoms with E-state index in [9.17, 15) is 9.18 Å². The van der Waals surface area contributed by atoms with E-state index in [4.69, 9.17) is 16.7 Å². The second kappa shape index (κ2) is 5.28. The molecule has 0 bridgehead atoms. The molecule has 0 spiro atoms. The third-order valence-corrected chi connectivity index (χ3v) is 2.99. The van der Waals surface area contributed by atoms with Gasteiger partial charge in [-0.05, 0) is 48.9 Å². The number of carbonyl (C=O) groups is 1. The number of aryl methyl sites for hydroxylation is 1. The van der Waals surface area contributed by atoms with Crippen LogP contribution in [0.2, 0.25) is 5.02 Å². The van der Waals surface area contributed by atoms with Crippen LogP contribution in [-0.2, 0) is 0 Å². The van der Waals surface area contributed by atoms with E-state index in [2.05, 4.69) is 5.32 Å². The summed E-state index contributed by atoms with van der Waals surface area (Å²) in [5, 5.41) is 12.2. The molecule has 0 saturated heterocycles. The minimum Gasteiger partial charge on any atom is -0.478 e. The monoisotopic (exact) mass is 279 g/mol. The van der Waals surface area contributed by atoms with Crippen molar-refractivity contribution in [1.82, 2.24) is 0 Å². The summed E-state index contributed by atoms with van der Waals surface area (Å²) >= 11 is 5.92. The second-order valence-corrected chi connectivity index (χ2v) is 4.49. The number of aromatic carboxylic acids is 1. The Hall–Kier alpha value is -2.07. The smallest absolute Gasteiger partial charge is 0.335 e. The van der Waals surface area contributed by atoms with Crippen molar-refractivity contribution >= 4 is 28.9 Å². The number of rotatable bonds is 3. The summed E-state index contributed by atoms with van der Waals surface area (Å²) in [4.78, 5) is 10.8. The van der Waals surface area contributed by atoms with E-state index in [1.165, 1.54) is 24.3 Å². The Morgan fingerprint density at radius 1 is 1.21 bits per heavy atom. The van der Waals surface area contributed by atoms with Gasteiger partial charge in [-0.2, -0.15) is 0 Å². The largest absolute Gasteiger partial charge is 0.478 e. The molecule has 2 aromatic rings. The van der Waals surface area contributed by atoms with Crippen LogP contribution in [0.5, 0.6) is 0 Å². The molecule has 5 heteroatoms. The van der Waals surface area contributed by atoms with E-state index >= 15 is 0 Å². The molecule has 0 amide bonds. The van der Waals surface area contributed by atoms with E-state index in [0.717, 1.165) is 11.3 Å². The number of benzene rings is 2. The van der Waals surface area contributed by atoms with E-state index in [1.807, 2.05) is 0 Å². The van der Waals surface area contributed by atoms with Gasteiger partial charge in [0.2, 0.25) is 0 Å². The van der Waals surface area contributed by atoms with Crippen molar-refractivity contribution in [3.8, 4) is 0 Å². The molecule has 0 aliphatic heterocycles. The number of anilines is 2. The number of hydrogen-bond acceptors (Lipinski definition) is 2. The summed E-state index contributed by atoms with van der Waals surface area (Å²) in [6.07, 6.45) is 0. The molecule has 0 unspecified atom stereocenters. The third kappa shape index (κ3) is 3.03. The van der Waals surface area contributed by atoms with Crippen LogP contribution in [0.1, 0.15) is 15.9 Å². The number of hydrogen-bond donors (Lipinski definition) is 2. The first-order valence-corrected chi connectivity index (χ1v) is 5.91.